The van der Waals surface area contributed by atoms with Crippen LogP contribution in [0, 0.1) is 5.41 Å². The van der Waals surface area contributed by atoms with Crippen molar-refractivity contribution >= 4 is 11.9 Å². The number of alkyl halides is 3. The van der Waals surface area contributed by atoms with Crippen molar-refractivity contribution in [3.63, 3.8) is 0 Å². The fraction of sp³-hybridized carbons (Fsp3) is 0.538. The first-order chi connectivity index (χ1) is 8.99. The highest BCUT2D eigenvalue weighted by Crippen LogP contribution is 2.21. The molecule has 0 aromatic carbocycles. The number of carbonyl (C=O) groups excluding carboxylic acids is 2. The van der Waals surface area contributed by atoms with Crippen LogP contribution in [0.2, 0.25) is 0 Å². The van der Waals surface area contributed by atoms with Crippen molar-refractivity contribution in [2.24, 2.45) is 5.41 Å². The first kappa shape index (κ1) is 18.2. The third-order valence-electron chi connectivity index (χ3n) is 2.05. The standard InChI is InChI=1S/C13H17F3O4/c1-5-6-9(2)10(17)19-7-12(3,4)8-20-11(18)13(14,15)16/h5-6H,2,7-8H2,1,3-4H3/b6-5-. The van der Waals surface area contributed by atoms with Gasteiger partial charge in [0.25, 0.3) is 0 Å². The van der Waals surface area contributed by atoms with Crippen LogP contribution in [0.1, 0.15) is 20.8 Å². The first-order valence-electron chi connectivity index (χ1n) is 5.72. The lowest BCUT2D eigenvalue weighted by atomic mass is 9.96. The summed E-state index contributed by atoms with van der Waals surface area (Å²) in [5.41, 5.74) is -0.817. The van der Waals surface area contributed by atoms with Gasteiger partial charge in [-0.1, -0.05) is 32.6 Å². The molecule has 0 bridgehead atoms. The number of hydrogen-bond acceptors (Lipinski definition) is 4. The molecule has 0 saturated carbocycles. The highest BCUT2D eigenvalue weighted by Gasteiger charge is 2.41. The Labute approximate surface area is 115 Å². The highest BCUT2D eigenvalue weighted by atomic mass is 19.4. The van der Waals surface area contributed by atoms with Gasteiger partial charge >= 0.3 is 18.1 Å². The van der Waals surface area contributed by atoms with Gasteiger partial charge in [-0.25, -0.2) is 9.59 Å². The molecule has 0 aliphatic rings. The minimum absolute atomic E-state index is 0.121. The molecule has 0 spiro atoms. The molecule has 0 aromatic heterocycles. The Morgan fingerprint density at radius 1 is 1.15 bits per heavy atom. The Morgan fingerprint density at radius 3 is 2.10 bits per heavy atom. The molecular weight excluding hydrogens is 277 g/mol. The van der Waals surface area contributed by atoms with Gasteiger partial charge in [-0.15, -0.1) is 0 Å². The van der Waals surface area contributed by atoms with Crippen molar-refractivity contribution < 1.29 is 32.2 Å². The summed E-state index contributed by atoms with van der Waals surface area (Å²) in [6, 6.07) is 0. The van der Waals surface area contributed by atoms with Gasteiger partial charge in [-0.3, -0.25) is 0 Å². The van der Waals surface area contributed by atoms with Crippen LogP contribution in [0.4, 0.5) is 13.2 Å². The first-order valence-corrected chi connectivity index (χ1v) is 5.72. The predicted molar refractivity (Wildman–Crippen MR) is 65.7 cm³/mol. The fourth-order valence-corrected chi connectivity index (χ4v) is 1.01. The Morgan fingerprint density at radius 2 is 1.65 bits per heavy atom. The van der Waals surface area contributed by atoms with Crippen molar-refractivity contribution in [2.45, 2.75) is 26.9 Å². The molecule has 0 aromatic rings. The zero-order chi connectivity index (χ0) is 16.0. The molecule has 7 heteroatoms. The Bertz CT molecular complexity index is 408. The lowest BCUT2D eigenvalue weighted by molar-refractivity contribution is -0.203. The van der Waals surface area contributed by atoms with Gasteiger partial charge < -0.3 is 9.47 Å². The summed E-state index contributed by atoms with van der Waals surface area (Å²) in [6.45, 7) is 7.43. The molecule has 0 heterocycles. The average Bonchev–Trinajstić information content (AvgIpc) is 2.32. The van der Waals surface area contributed by atoms with E-state index in [1.54, 1.807) is 13.0 Å². The minimum Gasteiger partial charge on any atom is -0.461 e. The average molecular weight is 294 g/mol. The van der Waals surface area contributed by atoms with E-state index in [1.165, 1.54) is 19.9 Å². The fourth-order valence-electron chi connectivity index (χ4n) is 1.01. The molecule has 4 nitrogen and oxygen atoms in total. The van der Waals surface area contributed by atoms with E-state index in [1.807, 2.05) is 0 Å². The van der Waals surface area contributed by atoms with E-state index in [4.69, 9.17) is 4.74 Å². The third kappa shape index (κ3) is 6.96. The van der Waals surface area contributed by atoms with E-state index < -0.39 is 30.1 Å². The highest BCUT2D eigenvalue weighted by molar-refractivity contribution is 5.90. The van der Waals surface area contributed by atoms with Crippen LogP contribution in [0.15, 0.2) is 24.3 Å². The molecule has 0 amide bonds. The topological polar surface area (TPSA) is 52.6 Å². The number of esters is 2. The molecule has 20 heavy (non-hydrogen) atoms. The molecule has 0 rings (SSSR count). The second-order valence-corrected chi connectivity index (χ2v) is 4.84. The normalized spacial score (nSPS) is 12.3. The van der Waals surface area contributed by atoms with E-state index in [9.17, 15) is 22.8 Å². The summed E-state index contributed by atoms with van der Waals surface area (Å²) in [4.78, 5) is 22.0. The van der Waals surface area contributed by atoms with E-state index >= 15 is 0 Å². The van der Waals surface area contributed by atoms with Gasteiger partial charge in [0.15, 0.2) is 0 Å². The SMILES string of the molecule is C=C(/C=C\C)C(=O)OCC(C)(C)COC(=O)C(F)(F)F. The molecule has 0 N–H and O–H groups in total. The monoisotopic (exact) mass is 294 g/mol. The molecule has 0 saturated heterocycles. The predicted octanol–water partition coefficient (Wildman–Crippen LogP) is 2.79. The summed E-state index contributed by atoms with van der Waals surface area (Å²) in [7, 11) is 0. The van der Waals surface area contributed by atoms with Crippen LogP contribution in [0.3, 0.4) is 0 Å². The largest absolute Gasteiger partial charge is 0.490 e. The smallest absolute Gasteiger partial charge is 0.461 e. The Balaban J connectivity index is 4.30. The van der Waals surface area contributed by atoms with E-state index in [2.05, 4.69) is 11.3 Å². The van der Waals surface area contributed by atoms with Crippen molar-refractivity contribution in [1.29, 1.82) is 0 Å². The summed E-state index contributed by atoms with van der Waals surface area (Å²) in [5, 5.41) is 0. The van der Waals surface area contributed by atoms with Gasteiger partial charge in [0, 0.05) is 5.41 Å². The summed E-state index contributed by atoms with van der Waals surface area (Å²) in [5.74, 6) is -2.95. The van der Waals surface area contributed by atoms with Crippen LogP contribution in [0.5, 0.6) is 0 Å². The molecule has 0 atom stereocenters. The van der Waals surface area contributed by atoms with Gasteiger partial charge in [0.1, 0.15) is 0 Å². The number of halogens is 3. The van der Waals surface area contributed by atoms with Crippen LogP contribution in [-0.2, 0) is 19.1 Å². The number of carbonyl (C=O) groups is 2. The molecule has 0 fully saturated rings. The number of ether oxygens (including phenoxy) is 2. The molecule has 0 aliphatic heterocycles. The van der Waals surface area contributed by atoms with Crippen LogP contribution in [-0.4, -0.2) is 31.3 Å². The van der Waals surface area contributed by atoms with Gasteiger partial charge in [0.2, 0.25) is 0 Å². The van der Waals surface area contributed by atoms with Gasteiger partial charge in [0.05, 0.1) is 18.8 Å². The summed E-state index contributed by atoms with van der Waals surface area (Å²) >= 11 is 0. The van der Waals surface area contributed by atoms with Crippen LogP contribution in [0.25, 0.3) is 0 Å². The lowest BCUT2D eigenvalue weighted by Gasteiger charge is -2.23. The molecular formula is C13H17F3O4. The maximum atomic E-state index is 11.9. The van der Waals surface area contributed by atoms with Crippen molar-refractivity contribution in [1.82, 2.24) is 0 Å². The van der Waals surface area contributed by atoms with E-state index in [0.717, 1.165) is 0 Å². The van der Waals surface area contributed by atoms with Crippen LogP contribution < -0.4 is 0 Å². The maximum absolute atomic E-state index is 11.9. The molecule has 0 radical (unpaired) electrons. The zero-order valence-corrected chi connectivity index (χ0v) is 11.5. The Hall–Kier alpha value is -1.79. The van der Waals surface area contributed by atoms with E-state index in [-0.39, 0.29) is 12.2 Å². The van der Waals surface area contributed by atoms with Crippen molar-refractivity contribution in [3.8, 4) is 0 Å². The lowest BCUT2D eigenvalue weighted by Crippen LogP contribution is -2.33. The van der Waals surface area contributed by atoms with Gasteiger partial charge in [-0.05, 0) is 6.92 Å². The summed E-state index contributed by atoms with van der Waals surface area (Å²) in [6.07, 6.45) is -1.99. The molecule has 0 unspecified atom stereocenters. The van der Waals surface area contributed by atoms with Crippen LogP contribution >= 0.6 is 0 Å². The molecule has 114 valence electrons. The second-order valence-electron chi connectivity index (χ2n) is 4.84. The second kappa shape index (κ2) is 7.12. The zero-order valence-electron chi connectivity index (χ0n) is 11.5. The minimum atomic E-state index is -5.03. The number of hydrogen-bond donors (Lipinski definition) is 0. The third-order valence-corrected chi connectivity index (χ3v) is 2.05. The summed E-state index contributed by atoms with van der Waals surface area (Å²) < 4.78 is 44.8. The Kier molecular flexibility index (Phi) is 6.48. The number of allylic oxidation sites excluding steroid dienone is 1. The maximum Gasteiger partial charge on any atom is 0.490 e. The van der Waals surface area contributed by atoms with Crippen molar-refractivity contribution in [2.75, 3.05) is 13.2 Å². The number of rotatable bonds is 6. The molecule has 0 aliphatic carbocycles. The van der Waals surface area contributed by atoms with Gasteiger partial charge in [-0.2, -0.15) is 13.2 Å². The van der Waals surface area contributed by atoms with E-state index in [0.29, 0.717) is 0 Å². The quantitative estimate of drug-likeness (QED) is 0.429. The van der Waals surface area contributed by atoms with Crippen molar-refractivity contribution in [3.05, 3.63) is 24.3 Å².